The highest BCUT2D eigenvalue weighted by molar-refractivity contribution is 7.80. The number of methoxy groups -OCH3 is 1. The van der Waals surface area contributed by atoms with Crippen molar-refractivity contribution in [1.29, 1.82) is 0 Å². The van der Waals surface area contributed by atoms with Gasteiger partial charge in [0.05, 0.1) is 19.0 Å². The van der Waals surface area contributed by atoms with Crippen molar-refractivity contribution < 1.29 is 9.47 Å². The molecule has 0 aliphatic carbocycles. The summed E-state index contributed by atoms with van der Waals surface area (Å²) in [6, 6.07) is 11.1. The summed E-state index contributed by atoms with van der Waals surface area (Å²) < 4.78 is 11.0. The van der Waals surface area contributed by atoms with Gasteiger partial charge in [-0.1, -0.05) is 12.1 Å². The van der Waals surface area contributed by atoms with E-state index in [2.05, 4.69) is 15.6 Å². The Labute approximate surface area is 142 Å². The molecule has 0 aliphatic heterocycles. The predicted octanol–water partition coefficient (Wildman–Crippen LogP) is 3.97. The molecule has 122 valence electrons. The van der Waals surface area contributed by atoms with Gasteiger partial charge in [0.1, 0.15) is 0 Å². The molecular weight excluding hydrogens is 310 g/mol. The van der Waals surface area contributed by atoms with Crippen LogP contribution in [0.3, 0.4) is 0 Å². The van der Waals surface area contributed by atoms with Crippen molar-refractivity contribution in [2.75, 3.05) is 12.4 Å². The average molecular weight is 331 g/mol. The first-order valence-corrected chi connectivity index (χ1v) is 7.64. The molecule has 0 spiro atoms. The van der Waals surface area contributed by atoms with Gasteiger partial charge in [0.15, 0.2) is 16.6 Å². The third-order valence-electron chi connectivity index (χ3n) is 2.77. The molecule has 0 saturated carbocycles. The van der Waals surface area contributed by atoms with Crippen molar-refractivity contribution in [3.05, 3.63) is 42.6 Å². The molecular formula is C17H21N3O2S. The fourth-order valence-electron chi connectivity index (χ4n) is 1.83. The molecule has 0 unspecified atom stereocenters. The monoisotopic (exact) mass is 331 g/mol. The van der Waals surface area contributed by atoms with Crippen LogP contribution in [-0.4, -0.2) is 22.7 Å². The summed E-state index contributed by atoms with van der Waals surface area (Å²) in [7, 11) is 1.60. The maximum atomic E-state index is 5.73. The van der Waals surface area contributed by atoms with Crippen LogP contribution in [0.25, 0.3) is 0 Å². The SMILES string of the molecule is COc1ccccc1Oc1ccc(NC(=S)NC(C)(C)C)cn1. The van der Waals surface area contributed by atoms with E-state index < -0.39 is 0 Å². The third-order valence-corrected chi connectivity index (χ3v) is 2.97. The summed E-state index contributed by atoms with van der Waals surface area (Å²) in [6.45, 7) is 6.14. The van der Waals surface area contributed by atoms with Crippen LogP contribution < -0.4 is 20.1 Å². The molecule has 23 heavy (non-hydrogen) atoms. The first-order valence-electron chi connectivity index (χ1n) is 7.23. The van der Waals surface area contributed by atoms with Crippen molar-refractivity contribution >= 4 is 23.0 Å². The number of thiocarbonyl (C=S) groups is 1. The molecule has 5 nitrogen and oxygen atoms in total. The van der Waals surface area contributed by atoms with E-state index in [-0.39, 0.29) is 5.54 Å². The lowest BCUT2D eigenvalue weighted by molar-refractivity contribution is 0.374. The number of hydrogen-bond donors (Lipinski definition) is 2. The molecule has 0 saturated heterocycles. The summed E-state index contributed by atoms with van der Waals surface area (Å²) in [5, 5.41) is 6.82. The number of ether oxygens (including phenoxy) is 2. The minimum atomic E-state index is -0.0928. The Morgan fingerprint density at radius 2 is 1.78 bits per heavy atom. The van der Waals surface area contributed by atoms with Gasteiger partial charge in [-0.3, -0.25) is 0 Å². The Morgan fingerprint density at radius 1 is 1.09 bits per heavy atom. The van der Waals surface area contributed by atoms with Crippen LogP contribution in [0.1, 0.15) is 20.8 Å². The quantitative estimate of drug-likeness (QED) is 0.827. The van der Waals surface area contributed by atoms with Gasteiger partial charge in [0.2, 0.25) is 5.88 Å². The summed E-state index contributed by atoms with van der Waals surface area (Å²) in [5.74, 6) is 1.76. The molecule has 0 aliphatic rings. The van der Waals surface area contributed by atoms with E-state index in [1.54, 1.807) is 19.4 Å². The summed E-state index contributed by atoms with van der Waals surface area (Å²) >= 11 is 5.26. The zero-order chi connectivity index (χ0) is 16.9. The number of aromatic nitrogens is 1. The molecule has 2 aromatic rings. The predicted molar refractivity (Wildman–Crippen MR) is 96.4 cm³/mol. The second kappa shape index (κ2) is 7.28. The Bertz CT molecular complexity index is 666. The fraction of sp³-hybridized carbons (Fsp3) is 0.294. The molecule has 0 amide bonds. The van der Waals surface area contributed by atoms with E-state index in [4.69, 9.17) is 21.7 Å². The van der Waals surface area contributed by atoms with Crippen molar-refractivity contribution in [1.82, 2.24) is 10.3 Å². The standard InChI is InChI=1S/C17H21N3O2S/c1-17(2,3)20-16(23)19-12-9-10-15(18-11-12)22-14-8-6-5-7-13(14)21-4/h5-11H,1-4H3,(H2,19,20,23). The average Bonchev–Trinajstić information content (AvgIpc) is 2.48. The second-order valence-corrected chi connectivity index (χ2v) is 6.38. The van der Waals surface area contributed by atoms with Crippen LogP contribution in [0.2, 0.25) is 0 Å². The number of para-hydroxylation sites is 2. The van der Waals surface area contributed by atoms with E-state index in [9.17, 15) is 0 Å². The van der Waals surface area contributed by atoms with Crippen molar-refractivity contribution in [3.63, 3.8) is 0 Å². The number of rotatable bonds is 4. The fourth-order valence-corrected chi connectivity index (χ4v) is 2.26. The lowest BCUT2D eigenvalue weighted by Crippen LogP contribution is -2.42. The van der Waals surface area contributed by atoms with E-state index in [1.807, 2.05) is 51.1 Å². The molecule has 2 rings (SSSR count). The minimum absolute atomic E-state index is 0.0928. The van der Waals surface area contributed by atoms with Crippen LogP contribution in [0.4, 0.5) is 5.69 Å². The lowest BCUT2D eigenvalue weighted by Gasteiger charge is -2.23. The lowest BCUT2D eigenvalue weighted by atomic mass is 10.1. The second-order valence-electron chi connectivity index (χ2n) is 5.97. The van der Waals surface area contributed by atoms with Gasteiger partial charge in [0, 0.05) is 11.6 Å². The van der Waals surface area contributed by atoms with Crippen LogP contribution in [0, 0.1) is 0 Å². The van der Waals surface area contributed by atoms with Crippen LogP contribution in [-0.2, 0) is 0 Å². The Balaban J connectivity index is 2.01. The normalized spacial score (nSPS) is 10.8. The van der Waals surface area contributed by atoms with E-state index in [1.165, 1.54) is 0 Å². The first-order chi connectivity index (χ1) is 10.9. The summed E-state index contributed by atoms with van der Waals surface area (Å²) in [4.78, 5) is 4.27. The molecule has 2 N–H and O–H groups in total. The van der Waals surface area contributed by atoms with Gasteiger partial charge in [-0.25, -0.2) is 4.98 Å². The van der Waals surface area contributed by atoms with Crippen molar-refractivity contribution in [2.45, 2.75) is 26.3 Å². The highest BCUT2D eigenvalue weighted by Gasteiger charge is 2.11. The highest BCUT2D eigenvalue weighted by atomic mass is 32.1. The van der Waals surface area contributed by atoms with Gasteiger partial charge >= 0.3 is 0 Å². The first kappa shape index (κ1) is 17.0. The number of anilines is 1. The maximum Gasteiger partial charge on any atom is 0.219 e. The van der Waals surface area contributed by atoms with Gasteiger partial charge in [-0.05, 0) is 51.2 Å². The van der Waals surface area contributed by atoms with Gasteiger partial charge in [-0.2, -0.15) is 0 Å². The largest absolute Gasteiger partial charge is 0.493 e. The van der Waals surface area contributed by atoms with Crippen molar-refractivity contribution in [3.8, 4) is 17.4 Å². The molecule has 1 aromatic heterocycles. The zero-order valence-corrected chi connectivity index (χ0v) is 14.5. The van der Waals surface area contributed by atoms with E-state index in [0.717, 1.165) is 5.69 Å². The molecule has 1 heterocycles. The van der Waals surface area contributed by atoms with Gasteiger partial charge in [0.25, 0.3) is 0 Å². The molecule has 6 heteroatoms. The summed E-state index contributed by atoms with van der Waals surface area (Å²) in [6.07, 6.45) is 1.67. The van der Waals surface area contributed by atoms with Crippen LogP contribution in [0.5, 0.6) is 17.4 Å². The zero-order valence-electron chi connectivity index (χ0n) is 13.7. The molecule has 0 fully saturated rings. The van der Waals surface area contributed by atoms with E-state index >= 15 is 0 Å². The van der Waals surface area contributed by atoms with Crippen LogP contribution >= 0.6 is 12.2 Å². The number of benzene rings is 1. The van der Waals surface area contributed by atoms with Gasteiger partial charge in [-0.15, -0.1) is 0 Å². The Morgan fingerprint density at radius 3 is 2.35 bits per heavy atom. The van der Waals surface area contributed by atoms with Crippen molar-refractivity contribution in [2.24, 2.45) is 0 Å². The highest BCUT2D eigenvalue weighted by Crippen LogP contribution is 2.30. The summed E-state index contributed by atoms with van der Waals surface area (Å²) in [5.41, 5.74) is 0.698. The maximum absolute atomic E-state index is 5.73. The Hall–Kier alpha value is -2.34. The molecule has 0 radical (unpaired) electrons. The number of nitrogens with one attached hydrogen (secondary N) is 2. The minimum Gasteiger partial charge on any atom is -0.493 e. The number of hydrogen-bond acceptors (Lipinski definition) is 4. The smallest absolute Gasteiger partial charge is 0.219 e. The number of pyridine rings is 1. The molecule has 0 atom stereocenters. The van der Waals surface area contributed by atoms with Crippen LogP contribution in [0.15, 0.2) is 42.6 Å². The molecule has 0 bridgehead atoms. The molecule has 1 aromatic carbocycles. The van der Waals surface area contributed by atoms with E-state index in [0.29, 0.717) is 22.5 Å². The number of nitrogens with zero attached hydrogens (tertiary/aromatic N) is 1. The third kappa shape index (κ3) is 5.41. The van der Waals surface area contributed by atoms with Gasteiger partial charge < -0.3 is 20.1 Å². The Kier molecular flexibility index (Phi) is 5.39. The topological polar surface area (TPSA) is 55.4 Å².